The summed E-state index contributed by atoms with van der Waals surface area (Å²) < 4.78 is 10.4. The van der Waals surface area contributed by atoms with Crippen molar-refractivity contribution in [1.82, 2.24) is 0 Å². The number of rotatable bonds is 5. The quantitative estimate of drug-likeness (QED) is 0.623. The highest BCUT2D eigenvalue weighted by Crippen LogP contribution is 2.20. The maximum atomic E-state index is 12.4. The summed E-state index contributed by atoms with van der Waals surface area (Å²) in [5.74, 6) is -0.383. The van der Waals surface area contributed by atoms with Crippen LogP contribution in [0, 0.1) is 13.8 Å². The van der Waals surface area contributed by atoms with E-state index in [9.17, 15) is 9.59 Å². The number of para-hydroxylation sites is 1. The number of hydrogen-bond donors (Lipinski definition) is 0. The van der Waals surface area contributed by atoms with E-state index in [-0.39, 0.29) is 5.78 Å². The van der Waals surface area contributed by atoms with Gasteiger partial charge in [0.1, 0.15) is 11.3 Å². The third-order valence-corrected chi connectivity index (χ3v) is 3.77. The average molecular weight is 312 g/mol. The summed E-state index contributed by atoms with van der Waals surface area (Å²) in [6.45, 7) is 5.50. The summed E-state index contributed by atoms with van der Waals surface area (Å²) in [5, 5.41) is 0. The monoisotopic (exact) mass is 312 g/mol. The average Bonchev–Trinajstić information content (AvgIpc) is 2.56. The van der Waals surface area contributed by atoms with Crippen LogP contribution in [0.2, 0.25) is 0 Å². The molecule has 0 bridgehead atoms. The molecule has 0 aliphatic heterocycles. The summed E-state index contributed by atoms with van der Waals surface area (Å²) in [5.41, 5.74) is 2.97. The standard InChI is InChI=1S/C19H20O4/c1-12-9-10-15(11-13(12)2)18(20)14(3)23-19(21)16-7-5-6-8-17(16)22-4/h5-11,14H,1-4H3/t14-/m1/s1. The summed E-state index contributed by atoms with van der Waals surface area (Å²) in [7, 11) is 1.48. The van der Waals surface area contributed by atoms with Gasteiger partial charge in [-0.25, -0.2) is 4.79 Å². The number of ether oxygens (including phenoxy) is 2. The minimum atomic E-state index is -0.866. The lowest BCUT2D eigenvalue weighted by Gasteiger charge is -2.14. The maximum Gasteiger partial charge on any atom is 0.342 e. The fourth-order valence-electron chi connectivity index (χ4n) is 2.22. The zero-order valence-corrected chi connectivity index (χ0v) is 13.8. The molecule has 120 valence electrons. The Morgan fingerprint density at radius 1 is 1.00 bits per heavy atom. The van der Waals surface area contributed by atoms with Crippen molar-refractivity contribution in [1.29, 1.82) is 0 Å². The number of ketones is 1. The Morgan fingerprint density at radius 2 is 1.70 bits per heavy atom. The molecule has 0 spiro atoms. The van der Waals surface area contributed by atoms with E-state index in [1.165, 1.54) is 7.11 Å². The van der Waals surface area contributed by atoms with Crippen molar-refractivity contribution in [3.63, 3.8) is 0 Å². The van der Waals surface area contributed by atoms with Gasteiger partial charge in [0, 0.05) is 5.56 Å². The molecule has 0 heterocycles. The Hall–Kier alpha value is -2.62. The SMILES string of the molecule is COc1ccccc1C(=O)O[C@H](C)C(=O)c1ccc(C)c(C)c1. The van der Waals surface area contributed by atoms with E-state index in [0.717, 1.165) is 11.1 Å². The molecule has 0 aliphatic carbocycles. The van der Waals surface area contributed by atoms with Gasteiger partial charge in [-0.05, 0) is 50.1 Å². The topological polar surface area (TPSA) is 52.6 Å². The van der Waals surface area contributed by atoms with E-state index in [4.69, 9.17) is 9.47 Å². The summed E-state index contributed by atoms with van der Waals surface area (Å²) in [4.78, 5) is 24.7. The van der Waals surface area contributed by atoms with Gasteiger partial charge in [0.25, 0.3) is 0 Å². The first-order chi connectivity index (χ1) is 10.9. The van der Waals surface area contributed by atoms with Gasteiger partial charge in [0.2, 0.25) is 5.78 Å². The highest BCUT2D eigenvalue weighted by molar-refractivity contribution is 6.02. The van der Waals surface area contributed by atoms with Crippen LogP contribution in [0.1, 0.15) is 38.8 Å². The minimum absolute atomic E-state index is 0.226. The molecule has 2 aromatic carbocycles. The summed E-state index contributed by atoms with van der Waals surface area (Å²) in [6.07, 6.45) is -0.866. The van der Waals surface area contributed by atoms with E-state index in [1.807, 2.05) is 26.0 Å². The van der Waals surface area contributed by atoms with Crippen molar-refractivity contribution in [3.8, 4) is 5.75 Å². The van der Waals surface area contributed by atoms with Gasteiger partial charge in [-0.1, -0.05) is 24.3 Å². The van der Waals surface area contributed by atoms with Crippen LogP contribution >= 0.6 is 0 Å². The molecule has 4 nitrogen and oxygen atoms in total. The minimum Gasteiger partial charge on any atom is -0.496 e. The lowest BCUT2D eigenvalue weighted by atomic mass is 10.0. The molecule has 2 rings (SSSR count). The molecule has 4 heteroatoms. The lowest BCUT2D eigenvalue weighted by Crippen LogP contribution is -2.24. The molecule has 0 amide bonds. The summed E-state index contributed by atoms with van der Waals surface area (Å²) >= 11 is 0. The first-order valence-corrected chi connectivity index (χ1v) is 7.39. The Labute approximate surface area is 136 Å². The largest absolute Gasteiger partial charge is 0.496 e. The van der Waals surface area contributed by atoms with Gasteiger partial charge < -0.3 is 9.47 Å². The maximum absolute atomic E-state index is 12.4. The van der Waals surface area contributed by atoms with Crippen LogP contribution in [0.15, 0.2) is 42.5 Å². The molecule has 0 aromatic heterocycles. The fourth-order valence-corrected chi connectivity index (χ4v) is 2.22. The van der Waals surface area contributed by atoms with Crippen LogP contribution < -0.4 is 4.74 Å². The van der Waals surface area contributed by atoms with Crippen molar-refractivity contribution in [2.75, 3.05) is 7.11 Å². The van der Waals surface area contributed by atoms with Crippen molar-refractivity contribution in [3.05, 3.63) is 64.7 Å². The van der Waals surface area contributed by atoms with Gasteiger partial charge in [-0.2, -0.15) is 0 Å². The van der Waals surface area contributed by atoms with Gasteiger partial charge >= 0.3 is 5.97 Å². The number of aryl methyl sites for hydroxylation is 2. The van der Waals surface area contributed by atoms with Crippen LogP contribution in [-0.4, -0.2) is 25.0 Å². The number of hydrogen-bond acceptors (Lipinski definition) is 4. The first kappa shape index (κ1) is 16.7. The number of esters is 1. The van der Waals surface area contributed by atoms with E-state index < -0.39 is 12.1 Å². The number of carbonyl (C=O) groups excluding carboxylic acids is 2. The van der Waals surface area contributed by atoms with Crippen LogP contribution in [0.25, 0.3) is 0 Å². The molecule has 23 heavy (non-hydrogen) atoms. The Balaban J connectivity index is 2.14. The van der Waals surface area contributed by atoms with E-state index in [2.05, 4.69) is 0 Å². The normalized spacial score (nSPS) is 11.7. The number of benzene rings is 2. The third-order valence-electron chi connectivity index (χ3n) is 3.77. The fraction of sp³-hybridized carbons (Fsp3) is 0.263. The first-order valence-electron chi connectivity index (χ1n) is 7.39. The second kappa shape index (κ2) is 7.09. The van der Waals surface area contributed by atoms with Crippen LogP contribution in [0.5, 0.6) is 5.75 Å². The van der Waals surface area contributed by atoms with Crippen molar-refractivity contribution < 1.29 is 19.1 Å². The Bertz CT molecular complexity index is 734. The predicted octanol–water partition coefficient (Wildman–Crippen LogP) is 3.74. The zero-order valence-electron chi connectivity index (χ0n) is 13.8. The summed E-state index contributed by atoms with van der Waals surface area (Å²) in [6, 6.07) is 12.2. The predicted molar refractivity (Wildman–Crippen MR) is 88.1 cm³/mol. The second-order valence-electron chi connectivity index (χ2n) is 5.41. The van der Waals surface area contributed by atoms with Gasteiger partial charge in [0.15, 0.2) is 6.10 Å². The van der Waals surface area contributed by atoms with Crippen LogP contribution in [0.3, 0.4) is 0 Å². The molecule has 1 atom stereocenters. The van der Waals surface area contributed by atoms with E-state index in [1.54, 1.807) is 37.3 Å². The molecular formula is C19H20O4. The highest BCUT2D eigenvalue weighted by Gasteiger charge is 2.22. The number of carbonyl (C=O) groups is 2. The lowest BCUT2D eigenvalue weighted by molar-refractivity contribution is 0.0316. The molecule has 0 radical (unpaired) electrons. The van der Waals surface area contributed by atoms with Gasteiger partial charge in [-0.15, -0.1) is 0 Å². The van der Waals surface area contributed by atoms with Gasteiger partial charge in [-0.3, -0.25) is 4.79 Å². The second-order valence-corrected chi connectivity index (χ2v) is 5.41. The molecule has 2 aromatic rings. The molecule has 0 saturated carbocycles. The van der Waals surface area contributed by atoms with Crippen molar-refractivity contribution in [2.24, 2.45) is 0 Å². The molecule has 0 unspecified atom stereocenters. The van der Waals surface area contributed by atoms with Crippen LogP contribution in [-0.2, 0) is 4.74 Å². The Morgan fingerprint density at radius 3 is 2.35 bits per heavy atom. The van der Waals surface area contributed by atoms with E-state index in [0.29, 0.717) is 16.9 Å². The van der Waals surface area contributed by atoms with Crippen molar-refractivity contribution >= 4 is 11.8 Å². The van der Waals surface area contributed by atoms with Crippen LogP contribution in [0.4, 0.5) is 0 Å². The number of Topliss-reactive ketones (excluding diaryl/α,β-unsaturated/α-hetero) is 1. The molecule has 0 N–H and O–H groups in total. The molecule has 0 fully saturated rings. The molecule has 0 saturated heterocycles. The highest BCUT2D eigenvalue weighted by atomic mass is 16.5. The zero-order chi connectivity index (χ0) is 17.0. The molecular weight excluding hydrogens is 292 g/mol. The Kier molecular flexibility index (Phi) is 5.16. The number of methoxy groups -OCH3 is 1. The molecule has 0 aliphatic rings. The van der Waals surface area contributed by atoms with Gasteiger partial charge in [0.05, 0.1) is 7.11 Å². The third kappa shape index (κ3) is 3.77. The van der Waals surface area contributed by atoms with E-state index >= 15 is 0 Å². The van der Waals surface area contributed by atoms with Crippen molar-refractivity contribution in [2.45, 2.75) is 26.9 Å². The smallest absolute Gasteiger partial charge is 0.342 e.